The molecule has 0 atom stereocenters. The van der Waals surface area contributed by atoms with Gasteiger partial charge in [0.15, 0.2) is 0 Å². The molecule has 0 spiro atoms. The Morgan fingerprint density at radius 3 is 2.26 bits per heavy atom. The highest BCUT2D eigenvalue weighted by atomic mass is 32.2. The minimum absolute atomic E-state index is 0.141. The van der Waals surface area contributed by atoms with Crippen molar-refractivity contribution in [3.05, 3.63) is 60.2 Å². The number of hydrogen-bond donors (Lipinski definition) is 2. The molecule has 19 heavy (non-hydrogen) atoms. The number of phenolic OH excluding ortho intramolecular Hbond substituents is 1. The molecule has 0 saturated carbocycles. The van der Waals surface area contributed by atoms with E-state index >= 15 is 0 Å². The molecule has 0 heterocycles. The number of rotatable bonds is 4. The maximum atomic E-state index is 11.8. The van der Waals surface area contributed by atoms with Gasteiger partial charge in [0.1, 0.15) is 5.75 Å². The lowest BCUT2D eigenvalue weighted by molar-refractivity contribution is 0.475. The smallest absolute Gasteiger partial charge is 0.276 e. The lowest BCUT2D eigenvalue weighted by Gasteiger charge is -2.02. The first-order valence-corrected chi connectivity index (χ1v) is 6.95. The molecule has 2 aromatic carbocycles. The highest BCUT2D eigenvalue weighted by Gasteiger charge is 2.10. The van der Waals surface area contributed by atoms with Crippen LogP contribution in [0, 0.1) is 0 Å². The monoisotopic (exact) mass is 276 g/mol. The predicted octanol–water partition coefficient (Wildman–Crippen LogP) is 1.70. The summed E-state index contributed by atoms with van der Waals surface area (Å²) in [5.41, 5.74) is 0.675. The molecule has 2 N–H and O–H groups in total. The fourth-order valence-electron chi connectivity index (χ4n) is 1.38. The molecule has 0 aliphatic rings. The number of nitrogens with one attached hydrogen (secondary N) is 1. The van der Waals surface area contributed by atoms with Crippen molar-refractivity contribution in [3.63, 3.8) is 0 Å². The molecule has 5 nitrogen and oxygen atoms in total. The second-order valence-electron chi connectivity index (χ2n) is 3.76. The van der Waals surface area contributed by atoms with Gasteiger partial charge < -0.3 is 5.11 Å². The fourth-order valence-corrected chi connectivity index (χ4v) is 2.20. The fraction of sp³-hybridized carbons (Fsp3) is 0. The zero-order chi connectivity index (χ0) is 13.7. The maximum absolute atomic E-state index is 11.8. The van der Waals surface area contributed by atoms with E-state index in [9.17, 15) is 8.42 Å². The second kappa shape index (κ2) is 5.53. The Hall–Kier alpha value is -2.34. The number of aromatic hydroxyl groups is 1. The summed E-state index contributed by atoms with van der Waals surface area (Å²) in [6.07, 6.45) is 1.36. The molecule has 2 rings (SSSR count). The second-order valence-corrected chi connectivity index (χ2v) is 5.42. The van der Waals surface area contributed by atoms with Crippen LogP contribution in [0.5, 0.6) is 5.75 Å². The molecule has 0 radical (unpaired) electrons. The van der Waals surface area contributed by atoms with E-state index in [0.717, 1.165) is 0 Å². The third-order valence-electron chi connectivity index (χ3n) is 2.33. The molecule has 0 aromatic heterocycles. The highest BCUT2D eigenvalue weighted by Crippen LogP contribution is 2.08. The largest absolute Gasteiger partial charge is 0.508 e. The first-order valence-electron chi connectivity index (χ1n) is 5.47. The predicted molar refractivity (Wildman–Crippen MR) is 72.5 cm³/mol. The lowest BCUT2D eigenvalue weighted by Crippen LogP contribution is -2.18. The van der Waals surface area contributed by atoms with Crippen molar-refractivity contribution in [1.29, 1.82) is 0 Å². The topological polar surface area (TPSA) is 78.8 Å². The van der Waals surface area contributed by atoms with Gasteiger partial charge in [-0.25, -0.2) is 4.83 Å². The van der Waals surface area contributed by atoms with Crippen molar-refractivity contribution in [1.82, 2.24) is 4.83 Å². The number of hydrogen-bond acceptors (Lipinski definition) is 4. The number of nitrogens with zero attached hydrogens (tertiary/aromatic N) is 1. The highest BCUT2D eigenvalue weighted by molar-refractivity contribution is 7.89. The Morgan fingerprint density at radius 1 is 1.00 bits per heavy atom. The SMILES string of the molecule is O=S(=O)(NN=Cc1ccc(O)cc1)c1ccccc1. The molecule has 0 saturated heterocycles. The minimum atomic E-state index is -3.64. The van der Waals surface area contributed by atoms with Crippen LogP contribution in [-0.4, -0.2) is 19.7 Å². The maximum Gasteiger partial charge on any atom is 0.276 e. The van der Waals surface area contributed by atoms with Gasteiger partial charge in [-0.2, -0.15) is 13.5 Å². The van der Waals surface area contributed by atoms with Crippen LogP contribution < -0.4 is 4.83 Å². The Morgan fingerprint density at radius 2 is 1.63 bits per heavy atom. The quantitative estimate of drug-likeness (QED) is 0.659. The summed E-state index contributed by atoms with van der Waals surface area (Å²) in [6.45, 7) is 0. The number of benzene rings is 2. The molecule has 0 aliphatic heterocycles. The molecule has 0 aliphatic carbocycles. The van der Waals surface area contributed by atoms with Gasteiger partial charge in [-0.05, 0) is 42.0 Å². The summed E-state index contributed by atoms with van der Waals surface area (Å²) in [6, 6.07) is 14.2. The van der Waals surface area contributed by atoms with E-state index in [2.05, 4.69) is 9.93 Å². The van der Waals surface area contributed by atoms with E-state index in [4.69, 9.17) is 5.11 Å². The van der Waals surface area contributed by atoms with E-state index in [1.807, 2.05) is 0 Å². The number of sulfonamides is 1. The third kappa shape index (κ3) is 3.56. The van der Waals surface area contributed by atoms with Crippen LogP contribution in [0.3, 0.4) is 0 Å². The van der Waals surface area contributed by atoms with Crippen LogP contribution in [0.4, 0.5) is 0 Å². The van der Waals surface area contributed by atoms with Gasteiger partial charge in [-0.3, -0.25) is 0 Å². The number of hydrazone groups is 1. The summed E-state index contributed by atoms with van der Waals surface area (Å²) in [7, 11) is -3.64. The van der Waals surface area contributed by atoms with Gasteiger partial charge in [0.25, 0.3) is 10.0 Å². The van der Waals surface area contributed by atoms with E-state index in [1.165, 1.54) is 30.5 Å². The van der Waals surface area contributed by atoms with E-state index in [-0.39, 0.29) is 10.6 Å². The van der Waals surface area contributed by atoms with Crippen LogP contribution >= 0.6 is 0 Å². The standard InChI is InChI=1S/C13H12N2O3S/c16-12-8-6-11(7-9-12)10-14-15-19(17,18)13-4-2-1-3-5-13/h1-10,15-16H. The van der Waals surface area contributed by atoms with E-state index < -0.39 is 10.0 Å². The Balaban J connectivity index is 2.08. The van der Waals surface area contributed by atoms with Crippen molar-refractivity contribution in [3.8, 4) is 5.75 Å². The Labute approximate surface area is 111 Å². The van der Waals surface area contributed by atoms with Crippen molar-refractivity contribution < 1.29 is 13.5 Å². The van der Waals surface area contributed by atoms with Crippen LogP contribution in [0.1, 0.15) is 5.56 Å². The summed E-state index contributed by atoms with van der Waals surface area (Å²) in [5, 5.41) is 12.8. The Kier molecular flexibility index (Phi) is 3.82. The van der Waals surface area contributed by atoms with E-state index in [0.29, 0.717) is 5.56 Å². The van der Waals surface area contributed by atoms with E-state index in [1.54, 1.807) is 30.3 Å². The van der Waals surface area contributed by atoms with Crippen LogP contribution in [0.15, 0.2) is 64.6 Å². The average Bonchev–Trinajstić information content (AvgIpc) is 2.42. The van der Waals surface area contributed by atoms with Crippen molar-refractivity contribution in [2.75, 3.05) is 0 Å². The molecule has 0 unspecified atom stereocenters. The molecule has 0 amide bonds. The molecule has 2 aromatic rings. The zero-order valence-corrected chi connectivity index (χ0v) is 10.7. The Bertz CT molecular complexity index is 665. The first kappa shape index (κ1) is 13.1. The normalized spacial score (nSPS) is 11.6. The summed E-state index contributed by atoms with van der Waals surface area (Å²) < 4.78 is 23.6. The van der Waals surface area contributed by atoms with Crippen LogP contribution in [-0.2, 0) is 10.0 Å². The molecule has 0 fully saturated rings. The van der Waals surface area contributed by atoms with Gasteiger partial charge in [0.2, 0.25) is 0 Å². The summed E-state index contributed by atoms with van der Waals surface area (Å²) >= 11 is 0. The van der Waals surface area contributed by atoms with Crippen molar-refractivity contribution in [2.45, 2.75) is 4.90 Å². The molecule has 98 valence electrons. The van der Waals surface area contributed by atoms with Crippen LogP contribution in [0.2, 0.25) is 0 Å². The lowest BCUT2D eigenvalue weighted by atomic mass is 10.2. The summed E-state index contributed by atoms with van der Waals surface area (Å²) in [5.74, 6) is 0.141. The van der Waals surface area contributed by atoms with Gasteiger partial charge >= 0.3 is 0 Å². The molecule has 6 heteroatoms. The van der Waals surface area contributed by atoms with Crippen molar-refractivity contribution >= 4 is 16.2 Å². The van der Waals surface area contributed by atoms with Crippen molar-refractivity contribution in [2.24, 2.45) is 5.10 Å². The van der Waals surface area contributed by atoms with Gasteiger partial charge in [-0.1, -0.05) is 18.2 Å². The van der Waals surface area contributed by atoms with Gasteiger partial charge in [0.05, 0.1) is 11.1 Å². The molecular formula is C13H12N2O3S. The third-order valence-corrected chi connectivity index (χ3v) is 3.57. The zero-order valence-electron chi connectivity index (χ0n) is 9.89. The van der Waals surface area contributed by atoms with Crippen LogP contribution in [0.25, 0.3) is 0 Å². The first-order chi connectivity index (χ1) is 9.08. The molecular weight excluding hydrogens is 264 g/mol. The van der Waals surface area contributed by atoms with Gasteiger partial charge in [-0.15, -0.1) is 0 Å². The average molecular weight is 276 g/mol. The molecule has 0 bridgehead atoms. The summed E-state index contributed by atoms with van der Waals surface area (Å²) in [4.78, 5) is 2.27. The minimum Gasteiger partial charge on any atom is -0.508 e. The number of phenols is 1. The van der Waals surface area contributed by atoms with Gasteiger partial charge in [0, 0.05) is 0 Å².